The Morgan fingerprint density at radius 2 is 1.75 bits per heavy atom. The summed E-state index contributed by atoms with van der Waals surface area (Å²) in [6.45, 7) is 1.40. The predicted molar refractivity (Wildman–Crippen MR) is 171 cm³/mol. The van der Waals surface area contributed by atoms with Crippen LogP contribution in [-0.2, 0) is 26.1 Å². The zero-order valence-corrected chi connectivity index (χ0v) is 27.5. The van der Waals surface area contributed by atoms with E-state index >= 15 is 0 Å². The van der Waals surface area contributed by atoms with Gasteiger partial charge in [0.2, 0.25) is 15.9 Å². The Morgan fingerprint density at radius 1 is 1.02 bits per heavy atom. The fourth-order valence-corrected chi connectivity index (χ4v) is 9.99. The second kappa shape index (κ2) is 11.2. The summed E-state index contributed by atoms with van der Waals surface area (Å²) in [4.78, 5) is 30.0. The van der Waals surface area contributed by atoms with E-state index in [1.807, 2.05) is 12.1 Å². The number of nitrogens with zero attached hydrogens (tertiary/aromatic N) is 2. The Morgan fingerprint density at radius 3 is 2.44 bits per heavy atom. The summed E-state index contributed by atoms with van der Waals surface area (Å²) < 4.78 is 78.5. The van der Waals surface area contributed by atoms with Crippen LogP contribution in [0.5, 0.6) is 5.75 Å². The fraction of sp³-hybridized carbons (Fsp3) is 0.543. The summed E-state index contributed by atoms with van der Waals surface area (Å²) >= 11 is 0. The number of methoxy groups -OCH3 is 1. The van der Waals surface area contributed by atoms with Crippen molar-refractivity contribution in [3.05, 3.63) is 53.1 Å². The van der Waals surface area contributed by atoms with Crippen molar-refractivity contribution in [2.45, 2.75) is 88.0 Å². The van der Waals surface area contributed by atoms with Crippen molar-refractivity contribution < 1.29 is 40.7 Å². The van der Waals surface area contributed by atoms with Crippen molar-refractivity contribution in [3.63, 3.8) is 0 Å². The number of sulfonamides is 1. The zero-order valence-electron chi connectivity index (χ0n) is 26.6. The van der Waals surface area contributed by atoms with Gasteiger partial charge in [-0.15, -0.1) is 0 Å². The fourth-order valence-electron chi connectivity index (χ4n) is 9.09. The molecule has 5 aliphatic rings. The molecule has 13 heteroatoms. The van der Waals surface area contributed by atoms with E-state index in [9.17, 15) is 31.2 Å². The van der Waals surface area contributed by atoms with Crippen LogP contribution in [0.1, 0.15) is 84.7 Å². The van der Waals surface area contributed by atoms with E-state index in [1.165, 1.54) is 6.07 Å². The normalized spacial score (nSPS) is 26.8. The van der Waals surface area contributed by atoms with Crippen molar-refractivity contribution in [2.75, 3.05) is 26.1 Å². The molecule has 2 bridgehead atoms. The Labute approximate surface area is 276 Å². The third kappa shape index (κ3) is 5.19. The Kier molecular flexibility index (Phi) is 7.41. The first-order chi connectivity index (χ1) is 22.9. The maximum absolute atomic E-state index is 14.8. The monoisotopic (exact) mass is 685 g/mol. The van der Waals surface area contributed by atoms with Crippen LogP contribution in [0.25, 0.3) is 22.2 Å². The van der Waals surface area contributed by atoms with E-state index in [0.717, 1.165) is 72.7 Å². The molecule has 0 radical (unpaired) electrons. The number of carbonyl (C=O) groups excluding carboxylic acids is 2. The predicted octanol–water partition coefficient (Wildman–Crippen LogP) is 5.86. The van der Waals surface area contributed by atoms with E-state index in [1.54, 1.807) is 24.0 Å². The largest absolute Gasteiger partial charge is 0.497 e. The van der Waals surface area contributed by atoms with Crippen molar-refractivity contribution in [1.29, 1.82) is 0 Å². The van der Waals surface area contributed by atoms with Crippen LogP contribution >= 0.6 is 0 Å². The lowest BCUT2D eigenvalue weighted by Crippen LogP contribution is -2.52. The highest BCUT2D eigenvalue weighted by Gasteiger charge is 2.65. The topological polar surface area (TPSA) is 107 Å². The van der Waals surface area contributed by atoms with Crippen LogP contribution in [0.4, 0.5) is 13.2 Å². The van der Waals surface area contributed by atoms with E-state index < -0.39 is 33.3 Å². The number of fused-ring (bicyclic) bond motifs is 9. The second-order valence-electron chi connectivity index (χ2n) is 14.2. The number of amides is 2. The lowest BCUT2D eigenvalue weighted by molar-refractivity contribution is -0.147. The van der Waals surface area contributed by atoms with Gasteiger partial charge in [-0.05, 0) is 79.5 Å². The highest BCUT2D eigenvalue weighted by Crippen LogP contribution is 2.66. The Balaban J connectivity index is 1.30. The number of rotatable bonds is 6. The van der Waals surface area contributed by atoms with Crippen LogP contribution in [0.15, 0.2) is 36.4 Å². The minimum Gasteiger partial charge on any atom is -0.497 e. The molecule has 256 valence electrons. The highest BCUT2D eigenvalue weighted by atomic mass is 32.2. The quantitative estimate of drug-likeness (QED) is 0.349. The number of alkyl halides is 3. The molecular formula is C35H38F3N3O6S. The summed E-state index contributed by atoms with van der Waals surface area (Å²) in [5.74, 6) is -2.29. The third-order valence-electron chi connectivity index (χ3n) is 11.3. The molecule has 1 aromatic heterocycles. The van der Waals surface area contributed by atoms with Crippen LogP contribution in [0.2, 0.25) is 0 Å². The molecule has 2 saturated heterocycles. The molecule has 3 aromatic rings. The SMILES string of the molecule is COc1ccc2c(c1)C1CC1(C(=O)N1[C@H]3CC[C@H]1COC3)Cn1c-2c(C2CCCCC2)c2ccc(C(=O)NS(=O)(=O)CC(F)(F)F)cc21. The number of hydrogen-bond acceptors (Lipinski definition) is 6. The highest BCUT2D eigenvalue weighted by molar-refractivity contribution is 7.90. The lowest BCUT2D eigenvalue weighted by Gasteiger charge is -2.37. The maximum atomic E-state index is 14.8. The van der Waals surface area contributed by atoms with Gasteiger partial charge in [0.05, 0.1) is 43.5 Å². The van der Waals surface area contributed by atoms with Gasteiger partial charge < -0.3 is 18.9 Å². The number of nitrogens with one attached hydrogen (secondary N) is 1. The van der Waals surface area contributed by atoms with Gasteiger partial charge in [0.25, 0.3) is 5.91 Å². The molecule has 8 rings (SSSR count). The molecule has 1 N–H and O–H groups in total. The van der Waals surface area contributed by atoms with Crippen molar-refractivity contribution in [2.24, 2.45) is 5.41 Å². The van der Waals surface area contributed by atoms with Crippen LogP contribution < -0.4 is 9.46 Å². The molecule has 2 aromatic carbocycles. The van der Waals surface area contributed by atoms with Gasteiger partial charge >= 0.3 is 6.18 Å². The number of halogens is 3. The first-order valence-corrected chi connectivity index (χ1v) is 18.4. The number of morpholine rings is 1. The standard InChI is InChI=1S/C35H38F3N3O6S/c1-46-24-10-12-25-27(14-24)28-15-34(28,33(43)41-22-8-9-23(41)17-47-16-22)18-40-29-13-21(32(42)39-48(44,45)19-35(36,37)38)7-11-26(29)30(31(25)40)20-5-3-2-4-6-20/h7,10-14,20,22-23,28H,2-6,8-9,15-19H2,1H3,(H,39,42)/t22-,23-,28?,34?/m0/s1. The summed E-state index contributed by atoms with van der Waals surface area (Å²) in [6.07, 6.45) is 2.74. The van der Waals surface area contributed by atoms with Gasteiger partial charge in [-0.2, -0.15) is 13.2 Å². The number of carbonyl (C=O) groups is 2. The molecule has 2 aliphatic carbocycles. The van der Waals surface area contributed by atoms with E-state index in [0.29, 0.717) is 37.4 Å². The lowest BCUT2D eigenvalue weighted by atomic mass is 9.81. The maximum Gasteiger partial charge on any atom is 0.404 e. The Bertz CT molecular complexity index is 1920. The number of ether oxygens (including phenoxy) is 2. The molecule has 4 fully saturated rings. The number of hydrogen-bond donors (Lipinski definition) is 1. The molecule has 4 atom stereocenters. The number of benzene rings is 2. The van der Waals surface area contributed by atoms with Gasteiger partial charge in [0.15, 0.2) is 5.75 Å². The van der Waals surface area contributed by atoms with Crippen LogP contribution in [0.3, 0.4) is 0 Å². The van der Waals surface area contributed by atoms with Crippen LogP contribution in [0, 0.1) is 5.41 Å². The molecule has 48 heavy (non-hydrogen) atoms. The van der Waals surface area contributed by atoms with Crippen LogP contribution in [-0.4, -0.2) is 74.0 Å². The average Bonchev–Trinajstić information content (AvgIpc) is 3.64. The van der Waals surface area contributed by atoms with Gasteiger partial charge in [-0.1, -0.05) is 25.3 Å². The number of aromatic nitrogens is 1. The molecular weight excluding hydrogens is 647 g/mol. The molecule has 3 aliphatic heterocycles. The van der Waals surface area contributed by atoms with E-state index in [-0.39, 0.29) is 35.4 Å². The molecule has 9 nitrogen and oxygen atoms in total. The average molecular weight is 686 g/mol. The first kappa shape index (κ1) is 31.7. The van der Waals surface area contributed by atoms with Crippen molar-refractivity contribution in [3.8, 4) is 17.0 Å². The van der Waals surface area contributed by atoms with Gasteiger partial charge in [0.1, 0.15) is 5.75 Å². The second-order valence-corrected chi connectivity index (χ2v) is 15.9. The smallest absolute Gasteiger partial charge is 0.404 e. The van der Waals surface area contributed by atoms with E-state index in [2.05, 4.69) is 15.5 Å². The van der Waals surface area contributed by atoms with Gasteiger partial charge in [0, 0.05) is 34.5 Å². The Hall–Kier alpha value is -3.58. The van der Waals surface area contributed by atoms with Gasteiger partial charge in [-0.25, -0.2) is 13.1 Å². The third-order valence-corrected chi connectivity index (χ3v) is 12.5. The van der Waals surface area contributed by atoms with Crippen molar-refractivity contribution in [1.82, 2.24) is 14.2 Å². The van der Waals surface area contributed by atoms with E-state index in [4.69, 9.17) is 9.47 Å². The van der Waals surface area contributed by atoms with Gasteiger partial charge in [-0.3, -0.25) is 9.59 Å². The summed E-state index contributed by atoms with van der Waals surface area (Å²) in [5.41, 5.74) is 4.05. The molecule has 4 heterocycles. The summed E-state index contributed by atoms with van der Waals surface area (Å²) in [5, 5.41) is 0.904. The zero-order chi connectivity index (χ0) is 33.6. The molecule has 2 saturated carbocycles. The summed E-state index contributed by atoms with van der Waals surface area (Å²) in [6, 6.07) is 10.9. The van der Waals surface area contributed by atoms with Crippen molar-refractivity contribution >= 4 is 32.7 Å². The minimum absolute atomic E-state index is 0.0348. The molecule has 2 amide bonds. The molecule has 2 unspecified atom stereocenters. The summed E-state index contributed by atoms with van der Waals surface area (Å²) in [7, 11) is -3.34. The first-order valence-electron chi connectivity index (χ1n) is 16.8. The molecule has 0 spiro atoms. The minimum atomic E-state index is -5.00.